The standard InChI is InChI=1S/C13H18BrN3O/c1-2-10-7-11(14)9-12(8-10)16-13(18)17-5-3-15-4-6-17/h7-9,15H,2-6H2,1H3,(H,16,18). The molecule has 4 nitrogen and oxygen atoms in total. The van der Waals surface area contributed by atoms with Gasteiger partial charge in [0.15, 0.2) is 0 Å². The number of carbonyl (C=O) groups is 1. The largest absolute Gasteiger partial charge is 0.322 e. The number of hydrogen-bond acceptors (Lipinski definition) is 2. The first kappa shape index (κ1) is 13.4. The summed E-state index contributed by atoms with van der Waals surface area (Å²) in [5, 5.41) is 6.19. The predicted molar refractivity (Wildman–Crippen MR) is 77.0 cm³/mol. The smallest absolute Gasteiger partial charge is 0.321 e. The number of urea groups is 1. The lowest BCUT2D eigenvalue weighted by atomic mass is 10.1. The van der Waals surface area contributed by atoms with Crippen molar-refractivity contribution in [3.05, 3.63) is 28.2 Å². The molecule has 2 N–H and O–H groups in total. The van der Waals surface area contributed by atoms with Crippen LogP contribution >= 0.6 is 15.9 Å². The van der Waals surface area contributed by atoms with Crippen LogP contribution < -0.4 is 10.6 Å². The minimum Gasteiger partial charge on any atom is -0.322 e. The lowest BCUT2D eigenvalue weighted by Crippen LogP contribution is -2.48. The van der Waals surface area contributed by atoms with Gasteiger partial charge in [0, 0.05) is 36.3 Å². The molecule has 0 saturated carbocycles. The number of rotatable bonds is 2. The van der Waals surface area contributed by atoms with Crippen molar-refractivity contribution in [1.29, 1.82) is 0 Å². The zero-order chi connectivity index (χ0) is 13.0. The molecule has 1 saturated heterocycles. The lowest BCUT2D eigenvalue weighted by Gasteiger charge is -2.27. The molecule has 18 heavy (non-hydrogen) atoms. The summed E-state index contributed by atoms with van der Waals surface area (Å²) in [7, 11) is 0. The SMILES string of the molecule is CCc1cc(Br)cc(NC(=O)N2CCNCC2)c1. The number of halogens is 1. The van der Waals surface area contributed by atoms with Gasteiger partial charge in [-0.25, -0.2) is 4.79 Å². The van der Waals surface area contributed by atoms with Crippen LogP contribution in [0.2, 0.25) is 0 Å². The summed E-state index contributed by atoms with van der Waals surface area (Å²) in [4.78, 5) is 13.9. The highest BCUT2D eigenvalue weighted by Crippen LogP contribution is 2.20. The summed E-state index contributed by atoms with van der Waals surface area (Å²) in [6.45, 7) is 5.36. The number of benzene rings is 1. The quantitative estimate of drug-likeness (QED) is 0.881. The fraction of sp³-hybridized carbons (Fsp3) is 0.462. The number of piperazine rings is 1. The Morgan fingerprint density at radius 3 is 2.78 bits per heavy atom. The van der Waals surface area contributed by atoms with Gasteiger partial charge in [0.1, 0.15) is 0 Å². The van der Waals surface area contributed by atoms with E-state index < -0.39 is 0 Å². The molecular weight excluding hydrogens is 294 g/mol. The third-order valence-corrected chi connectivity index (χ3v) is 3.48. The predicted octanol–water partition coefficient (Wildman–Crippen LogP) is 2.45. The average Bonchev–Trinajstić information content (AvgIpc) is 2.39. The maximum absolute atomic E-state index is 12.1. The van der Waals surface area contributed by atoms with E-state index in [0.29, 0.717) is 0 Å². The van der Waals surface area contributed by atoms with E-state index in [1.807, 2.05) is 17.0 Å². The van der Waals surface area contributed by atoms with Crippen LogP contribution in [0.15, 0.2) is 22.7 Å². The lowest BCUT2D eigenvalue weighted by molar-refractivity contribution is 0.204. The first-order valence-corrected chi connectivity index (χ1v) is 7.04. The molecule has 0 spiro atoms. The Morgan fingerprint density at radius 1 is 1.39 bits per heavy atom. The molecule has 2 rings (SSSR count). The normalized spacial score (nSPS) is 15.6. The Kier molecular flexibility index (Phi) is 4.60. The zero-order valence-corrected chi connectivity index (χ0v) is 12.1. The van der Waals surface area contributed by atoms with E-state index in [0.717, 1.165) is 42.8 Å². The van der Waals surface area contributed by atoms with Crippen molar-refractivity contribution in [1.82, 2.24) is 10.2 Å². The van der Waals surface area contributed by atoms with Crippen LogP contribution in [0.1, 0.15) is 12.5 Å². The first-order valence-electron chi connectivity index (χ1n) is 6.25. The topological polar surface area (TPSA) is 44.4 Å². The van der Waals surface area contributed by atoms with E-state index in [4.69, 9.17) is 0 Å². The van der Waals surface area contributed by atoms with Crippen molar-refractivity contribution in [3.8, 4) is 0 Å². The van der Waals surface area contributed by atoms with Crippen LogP contribution in [0.25, 0.3) is 0 Å². The fourth-order valence-electron chi connectivity index (χ4n) is 2.00. The molecule has 0 aliphatic carbocycles. The molecule has 1 aromatic carbocycles. The van der Waals surface area contributed by atoms with Crippen LogP contribution in [-0.2, 0) is 6.42 Å². The fourth-order valence-corrected chi connectivity index (χ4v) is 2.54. The van der Waals surface area contributed by atoms with Crippen molar-refractivity contribution >= 4 is 27.6 Å². The number of anilines is 1. The van der Waals surface area contributed by atoms with Crippen LogP contribution in [0.3, 0.4) is 0 Å². The van der Waals surface area contributed by atoms with Gasteiger partial charge in [-0.3, -0.25) is 0 Å². The summed E-state index contributed by atoms with van der Waals surface area (Å²) in [6.07, 6.45) is 0.954. The summed E-state index contributed by atoms with van der Waals surface area (Å²) < 4.78 is 0.998. The molecule has 98 valence electrons. The number of nitrogens with zero attached hydrogens (tertiary/aromatic N) is 1. The summed E-state index contributed by atoms with van der Waals surface area (Å²) in [5.74, 6) is 0. The number of aryl methyl sites for hydroxylation is 1. The van der Waals surface area contributed by atoms with Crippen molar-refractivity contribution in [2.45, 2.75) is 13.3 Å². The third-order valence-electron chi connectivity index (χ3n) is 3.02. The van der Waals surface area contributed by atoms with E-state index in [9.17, 15) is 4.79 Å². The van der Waals surface area contributed by atoms with E-state index in [2.05, 4.69) is 39.6 Å². The summed E-state index contributed by atoms with van der Waals surface area (Å²) in [6, 6.07) is 6.00. The van der Waals surface area contributed by atoms with E-state index in [1.54, 1.807) is 0 Å². The van der Waals surface area contributed by atoms with E-state index >= 15 is 0 Å². The van der Waals surface area contributed by atoms with Crippen molar-refractivity contribution in [2.24, 2.45) is 0 Å². The third kappa shape index (κ3) is 3.46. The maximum atomic E-state index is 12.1. The Bertz CT molecular complexity index is 430. The second-order valence-corrected chi connectivity index (χ2v) is 5.28. The van der Waals surface area contributed by atoms with Crippen LogP contribution in [0.4, 0.5) is 10.5 Å². The highest BCUT2D eigenvalue weighted by molar-refractivity contribution is 9.10. The molecule has 1 aliphatic rings. The van der Waals surface area contributed by atoms with Gasteiger partial charge in [-0.05, 0) is 30.2 Å². The van der Waals surface area contributed by atoms with Gasteiger partial charge in [-0.15, -0.1) is 0 Å². The molecule has 1 aliphatic heterocycles. The molecule has 5 heteroatoms. The van der Waals surface area contributed by atoms with Crippen LogP contribution in [-0.4, -0.2) is 37.1 Å². The molecule has 0 aromatic heterocycles. The molecule has 0 atom stereocenters. The molecule has 0 bridgehead atoms. The molecular formula is C13H18BrN3O. The van der Waals surface area contributed by atoms with Gasteiger partial charge in [-0.1, -0.05) is 22.9 Å². The molecule has 1 fully saturated rings. The molecule has 0 unspecified atom stereocenters. The molecule has 0 radical (unpaired) electrons. The first-order chi connectivity index (χ1) is 8.69. The minimum absolute atomic E-state index is 0.0170. The second kappa shape index (κ2) is 6.20. The van der Waals surface area contributed by atoms with Gasteiger partial charge in [-0.2, -0.15) is 0 Å². The number of hydrogen-bond donors (Lipinski definition) is 2. The molecule has 1 aromatic rings. The number of amides is 2. The van der Waals surface area contributed by atoms with E-state index in [1.165, 1.54) is 5.56 Å². The van der Waals surface area contributed by atoms with Crippen molar-refractivity contribution in [3.63, 3.8) is 0 Å². The highest BCUT2D eigenvalue weighted by atomic mass is 79.9. The van der Waals surface area contributed by atoms with Crippen molar-refractivity contribution in [2.75, 3.05) is 31.5 Å². The Morgan fingerprint density at radius 2 is 2.11 bits per heavy atom. The Labute approximate surface area is 116 Å². The van der Waals surface area contributed by atoms with Gasteiger partial charge in [0.25, 0.3) is 0 Å². The van der Waals surface area contributed by atoms with Crippen LogP contribution in [0, 0.1) is 0 Å². The van der Waals surface area contributed by atoms with Gasteiger partial charge < -0.3 is 15.5 Å². The molecule has 1 heterocycles. The highest BCUT2D eigenvalue weighted by Gasteiger charge is 2.16. The minimum atomic E-state index is -0.0170. The summed E-state index contributed by atoms with van der Waals surface area (Å²) in [5.41, 5.74) is 2.06. The van der Waals surface area contributed by atoms with E-state index in [-0.39, 0.29) is 6.03 Å². The van der Waals surface area contributed by atoms with Crippen molar-refractivity contribution < 1.29 is 4.79 Å². The molecule has 2 amide bonds. The average molecular weight is 312 g/mol. The second-order valence-electron chi connectivity index (χ2n) is 4.37. The number of carbonyl (C=O) groups excluding carboxylic acids is 1. The Balaban J connectivity index is 2.03. The van der Waals surface area contributed by atoms with Gasteiger partial charge in [0.05, 0.1) is 0 Å². The van der Waals surface area contributed by atoms with Gasteiger partial charge >= 0.3 is 6.03 Å². The van der Waals surface area contributed by atoms with Crippen LogP contribution in [0.5, 0.6) is 0 Å². The zero-order valence-electron chi connectivity index (χ0n) is 10.5. The number of nitrogens with one attached hydrogen (secondary N) is 2. The monoisotopic (exact) mass is 311 g/mol. The Hall–Kier alpha value is -1.07. The maximum Gasteiger partial charge on any atom is 0.321 e. The van der Waals surface area contributed by atoms with Gasteiger partial charge in [0.2, 0.25) is 0 Å². The summed E-state index contributed by atoms with van der Waals surface area (Å²) >= 11 is 3.46.